The molecule has 0 saturated carbocycles. The van der Waals surface area contributed by atoms with Gasteiger partial charge in [0.1, 0.15) is 5.82 Å². The Labute approximate surface area is 133 Å². The van der Waals surface area contributed by atoms with Gasteiger partial charge in [0.25, 0.3) is 0 Å². The molecule has 0 aliphatic carbocycles. The number of aromatic nitrogens is 2. The summed E-state index contributed by atoms with van der Waals surface area (Å²) in [6.07, 6.45) is 1.89. The first-order chi connectivity index (χ1) is 10.1. The quantitative estimate of drug-likeness (QED) is 0.921. The van der Waals surface area contributed by atoms with Crippen molar-refractivity contribution >= 4 is 27.0 Å². The molecular formula is C16H22BrN3O. The van der Waals surface area contributed by atoms with E-state index >= 15 is 0 Å². The van der Waals surface area contributed by atoms with Gasteiger partial charge in [0.2, 0.25) is 0 Å². The van der Waals surface area contributed by atoms with Gasteiger partial charge in [0.05, 0.1) is 11.0 Å². The highest BCUT2D eigenvalue weighted by Crippen LogP contribution is 2.37. The van der Waals surface area contributed by atoms with E-state index in [1.807, 2.05) is 0 Å². The van der Waals surface area contributed by atoms with Crippen LogP contribution in [0.5, 0.6) is 0 Å². The Balaban J connectivity index is 2.22. The largest absolute Gasteiger partial charge is 0.381 e. The third-order valence-corrected chi connectivity index (χ3v) is 4.98. The average molecular weight is 352 g/mol. The lowest BCUT2D eigenvalue weighted by Gasteiger charge is -2.36. The molecule has 0 atom stereocenters. The molecule has 4 nitrogen and oxygen atoms in total. The molecule has 1 aliphatic rings. The van der Waals surface area contributed by atoms with Crippen LogP contribution >= 0.6 is 15.9 Å². The van der Waals surface area contributed by atoms with Gasteiger partial charge in [-0.2, -0.15) is 0 Å². The third-order valence-electron chi connectivity index (χ3n) is 4.48. The lowest BCUT2D eigenvalue weighted by atomic mass is 9.79. The molecule has 114 valence electrons. The highest BCUT2D eigenvalue weighted by Gasteiger charge is 2.38. The van der Waals surface area contributed by atoms with Crippen molar-refractivity contribution < 1.29 is 4.74 Å². The normalized spacial score (nSPS) is 18.5. The molecule has 2 N–H and O–H groups in total. The molecule has 0 radical (unpaired) electrons. The van der Waals surface area contributed by atoms with Crippen LogP contribution in [0.4, 0.5) is 0 Å². The van der Waals surface area contributed by atoms with Crippen molar-refractivity contribution in [1.29, 1.82) is 0 Å². The summed E-state index contributed by atoms with van der Waals surface area (Å²) in [5.74, 6) is 1.12. The topological polar surface area (TPSA) is 53.1 Å². The summed E-state index contributed by atoms with van der Waals surface area (Å²) in [6, 6.07) is 6.66. The van der Waals surface area contributed by atoms with E-state index in [1.165, 1.54) is 5.52 Å². The SMILES string of the molecule is CC(C)n1c(C2(CN)CCOCC2)nc2cc(Br)ccc21. The van der Waals surface area contributed by atoms with E-state index in [4.69, 9.17) is 15.5 Å². The maximum absolute atomic E-state index is 6.17. The summed E-state index contributed by atoms with van der Waals surface area (Å²) < 4.78 is 8.95. The number of benzene rings is 1. The predicted molar refractivity (Wildman–Crippen MR) is 88.6 cm³/mol. The zero-order valence-electron chi connectivity index (χ0n) is 12.6. The van der Waals surface area contributed by atoms with Crippen molar-refractivity contribution in [2.24, 2.45) is 5.73 Å². The molecule has 1 aromatic carbocycles. The molecule has 5 heteroatoms. The molecular weight excluding hydrogens is 330 g/mol. The van der Waals surface area contributed by atoms with Gasteiger partial charge >= 0.3 is 0 Å². The van der Waals surface area contributed by atoms with E-state index in [2.05, 4.69) is 52.5 Å². The lowest BCUT2D eigenvalue weighted by molar-refractivity contribution is 0.0485. The van der Waals surface area contributed by atoms with Gasteiger partial charge in [0, 0.05) is 35.7 Å². The Morgan fingerprint density at radius 2 is 2.10 bits per heavy atom. The van der Waals surface area contributed by atoms with E-state index < -0.39 is 0 Å². The average Bonchev–Trinajstić information content (AvgIpc) is 2.87. The molecule has 1 aliphatic heterocycles. The van der Waals surface area contributed by atoms with Gasteiger partial charge in [-0.1, -0.05) is 15.9 Å². The molecule has 3 rings (SSSR count). The number of rotatable bonds is 3. The van der Waals surface area contributed by atoms with Crippen molar-refractivity contribution in [2.45, 2.75) is 38.1 Å². The standard InChI is InChI=1S/C16H22BrN3O/c1-11(2)20-14-4-3-12(17)9-13(14)19-15(20)16(10-18)5-7-21-8-6-16/h3-4,9,11H,5-8,10,18H2,1-2H3. The summed E-state index contributed by atoms with van der Waals surface area (Å²) in [5, 5.41) is 0. The van der Waals surface area contributed by atoms with Gasteiger partial charge in [-0.3, -0.25) is 0 Å². The molecule has 1 saturated heterocycles. The highest BCUT2D eigenvalue weighted by molar-refractivity contribution is 9.10. The number of hydrogen-bond acceptors (Lipinski definition) is 3. The first kappa shape index (κ1) is 15.0. The summed E-state index contributed by atoms with van der Waals surface area (Å²) in [6.45, 7) is 6.56. The van der Waals surface area contributed by atoms with Crippen molar-refractivity contribution in [3.63, 3.8) is 0 Å². The van der Waals surface area contributed by atoms with E-state index in [1.54, 1.807) is 0 Å². The van der Waals surface area contributed by atoms with Crippen LogP contribution in [0.2, 0.25) is 0 Å². The van der Waals surface area contributed by atoms with Crippen LogP contribution in [0.1, 0.15) is 38.6 Å². The first-order valence-corrected chi connectivity index (χ1v) is 8.32. The predicted octanol–water partition coefficient (Wildman–Crippen LogP) is 3.39. The van der Waals surface area contributed by atoms with E-state index in [-0.39, 0.29) is 5.41 Å². The molecule has 0 amide bonds. The molecule has 0 bridgehead atoms. The first-order valence-electron chi connectivity index (χ1n) is 7.53. The van der Waals surface area contributed by atoms with Crippen molar-refractivity contribution in [1.82, 2.24) is 9.55 Å². The van der Waals surface area contributed by atoms with Gasteiger partial charge in [-0.05, 0) is 44.9 Å². The molecule has 0 unspecified atom stereocenters. The lowest BCUT2D eigenvalue weighted by Crippen LogP contribution is -2.43. The molecule has 21 heavy (non-hydrogen) atoms. The number of nitrogens with two attached hydrogens (primary N) is 1. The van der Waals surface area contributed by atoms with Crippen LogP contribution in [0.15, 0.2) is 22.7 Å². The summed E-state index contributed by atoms with van der Waals surface area (Å²) >= 11 is 3.54. The molecule has 2 heterocycles. The minimum atomic E-state index is -0.0615. The van der Waals surface area contributed by atoms with Gasteiger partial charge in [-0.15, -0.1) is 0 Å². The van der Waals surface area contributed by atoms with Crippen molar-refractivity contribution in [3.05, 3.63) is 28.5 Å². The maximum atomic E-state index is 6.17. The Morgan fingerprint density at radius 3 is 2.71 bits per heavy atom. The van der Waals surface area contributed by atoms with Crippen LogP contribution in [0, 0.1) is 0 Å². The number of imidazole rings is 1. The Hall–Kier alpha value is -0.910. The molecule has 1 aromatic heterocycles. The summed E-state index contributed by atoms with van der Waals surface area (Å²) in [4.78, 5) is 4.96. The fourth-order valence-electron chi connectivity index (χ4n) is 3.25. The van der Waals surface area contributed by atoms with Gasteiger partial charge in [-0.25, -0.2) is 4.98 Å². The fraction of sp³-hybridized carbons (Fsp3) is 0.562. The minimum Gasteiger partial charge on any atom is -0.381 e. The fourth-order valence-corrected chi connectivity index (χ4v) is 3.60. The zero-order chi connectivity index (χ0) is 15.0. The Kier molecular flexibility index (Phi) is 4.08. The van der Waals surface area contributed by atoms with Crippen LogP contribution in [0.3, 0.4) is 0 Å². The minimum absolute atomic E-state index is 0.0615. The van der Waals surface area contributed by atoms with Crippen LogP contribution in [-0.4, -0.2) is 29.3 Å². The highest BCUT2D eigenvalue weighted by atomic mass is 79.9. The van der Waals surface area contributed by atoms with Crippen LogP contribution < -0.4 is 5.73 Å². The second-order valence-electron chi connectivity index (χ2n) is 6.13. The Morgan fingerprint density at radius 1 is 1.38 bits per heavy atom. The molecule has 0 spiro atoms. The summed E-state index contributed by atoms with van der Waals surface area (Å²) in [7, 11) is 0. The van der Waals surface area contributed by atoms with Gasteiger partial charge < -0.3 is 15.0 Å². The van der Waals surface area contributed by atoms with Crippen LogP contribution in [0.25, 0.3) is 11.0 Å². The number of halogens is 1. The molecule has 2 aromatic rings. The summed E-state index contributed by atoms with van der Waals surface area (Å²) in [5.41, 5.74) is 8.33. The number of ether oxygens (including phenoxy) is 1. The van der Waals surface area contributed by atoms with E-state index in [9.17, 15) is 0 Å². The van der Waals surface area contributed by atoms with Crippen molar-refractivity contribution in [2.75, 3.05) is 19.8 Å². The molecule has 1 fully saturated rings. The Bertz CT molecular complexity index is 644. The van der Waals surface area contributed by atoms with Crippen LogP contribution in [-0.2, 0) is 10.2 Å². The maximum Gasteiger partial charge on any atom is 0.117 e. The monoisotopic (exact) mass is 351 g/mol. The zero-order valence-corrected chi connectivity index (χ0v) is 14.2. The number of nitrogens with zero attached hydrogens (tertiary/aromatic N) is 2. The second-order valence-corrected chi connectivity index (χ2v) is 7.04. The van der Waals surface area contributed by atoms with E-state index in [0.717, 1.165) is 41.9 Å². The van der Waals surface area contributed by atoms with Crippen molar-refractivity contribution in [3.8, 4) is 0 Å². The smallest absolute Gasteiger partial charge is 0.117 e. The van der Waals surface area contributed by atoms with E-state index in [0.29, 0.717) is 12.6 Å². The third kappa shape index (κ3) is 2.51. The second kappa shape index (κ2) is 5.71. The van der Waals surface area contributed by atoms with Gasteiger partial charge in [0.15, 0.2) is 0 Å². The number of fused-ring (bicyclic) bond motifs is 1. The number of hydrogen-bond donors (Lipinski definition) is 1.